The first-order valence-corrected chi connectivity index (χ1v) is 13.5. The van der Waals surface area contributed by atoms with Crippen molar-refractivity contribution in [2.45, 2.75) is 13.5 Å². The van der Waals surface area contributed by atoms with Gasteiger partial charge in [-0.1, -0.05) is 29.5 Å². The Labute approximate surface area is 255 Å². The summed E-state index contributed by atoms with van der Waals surface area (Å²) in [6, 6.07) is 14.8. The largest absolute Gasteiger partial charge is 0.490 e. The average Bonchev–Trinajstić information content (AvgIpc) is 3.64. The molecule has 0 saturated heterocycles. The van der Waals surface area contributed by atoms with Crippen molar-refractivity contribution >= 4 is 39.6 Å². The minimum absolute atomic E-state index is 0.0350. The first-order chi connectivity index (χ1) is 21.2. The fraction of sp³-hybridized carbons (Fsp3) is 0.111. The summed E-state index contributed by atoms with van der Waals surface area (Å²) in [7, 11) is 0. The summed E-state index contributed by atoms with van der Waals surface area (Å²) >= 11 is 3.48. The molecule has 0 atom stereocenters. The molecule has 0 radical (unpaired) electrons. The van der Waals surface area contributed by atoms with Crippen molar-refractivity contribution in [3.8, 4) is 28.6 Å². The number of carbonyl (C=O) groups is 1. The fourth-order valence-corrected chi connectivity index (χ4v) is 4.54. The highest BCUT2D eigenvalue weighted by Crippen LogP contribution is 2.37. The number of amides is 1. The Balaban J connectivity index is 1.39. The van der Waals surface area contributed by atoms with Gasteiger partial charge >= 0.3 is 0 Å². The molecule has 0 bridgehead atoms. The maximum absolute atomic E-state index is 13.2. The SMILES string of the molecule is CCOc1cc(C=NNC(=O)c2nnn(-c3nonc3N)c2-c2cccc([N+](=O)[O-])c2)cc(Br)c1OCc1ccc(F)cc1. The highest BCUT2D eigenvalue weighted by molar-refractivity contribution is 9.10. The van der Waals surface area contributed by atoms with E-state index in [0.29, 0.717) is 28.1 Å². The number of non-ortho nitro benzene ring substituents is 1. The second-order valence-corrected chi connectivity index (χ2v) is 9.71. The number of halogens is 2. The van der Waals surface area contributed by atoms with Gasteiger partial charge in [0.1, 0.15) is 18.1 Å². The summed E-state index contributed by atoms with van der Waals surface area (Å²) < 4.78 is 31.2. The third-order valence-electron chi connectivity index (χ3n) is 5.92. The summed E-state index contributed by atoms with van der Waals surface area (Å²) in [4.78, 5) is 24.0. The number of hydrazone groups is 1. The van der Waals surface area contributed by atoms with Crippen LogP contribution in [-0.4, -0.2) is 49.0 Å². The second kappa shape index (κ2) is 13.1. The number of carbonyl (C=O) groups excluding carboxylic acids is 1. The lowest BCUT2D eigenvalue weighted by molar-refractivity contribution is -0.384. The van der Waals surface area contributed by atoms with Crippen molar-refractivity contribution in [3.63, 3.8) is 0 Å². The zero-order valence-corrected chi connectivity index (χ0v) is 24.3. The van der Waals surface area contributed by atoms with E-state index < -0.39 is 10.8 Å². The number of rotatable bonds is 11. The van der Waals surface area contributed by atoms with Crippen LogP contribution in [0, 0.1) is 15.9 Å². The molecule has 224 valence electrons. The average molecular weight is 666 g/mol. The van der Waals surface area contributed by atoms with E-state index in [9.17, 15) is 19.3 Å². The second-order valence-electron chi connectivity index (χ2n) is 8.86. The van der Waals surface area contributed by atoms with Gasteiger partial charge in [0.25, 0.3) is 11.6 Å². The molecule has 15 nitrogen and oxygen atoms in total. The van der Waals surface area contributed by atoms with Crippen molar-refractivity contribution in [3.05, 3.63) is 97.9 Å². The molecule has 1 amide bonds. The molecule has 0 aliphatic heterocycles. The summed E-state index contributed by atoms with van der Waals surface area (Å²) in [5.41, 5.74) is 9.29. The highest BCUT2D eigenvalue weighted by Gasteiger charge is 2.26. The Hall–Kier alpha value is -5.71. The molecule has 3 aromatic carbocycles. The molecule has 0 saturated carbocycles. The lowest BCUT2D eigenvalue weighted by Gasteiger charge is -2.14. The molecule has 5 rings (SSSR count). The van der Waals surface area contributed by atoms with Crippen LogP contribution >= 0.6 is 15.9 Å². The number of ether oxygens (including phenoxy) is 2. The lowest BCUT2D eigenvalue weighted by Crippen LogP contribution is -2.19. The number of aromatic nitrogens is 5. The Kier molecular flexibility index (Phi) is 8.85. The minimum Gasteiger partial charge on any atom is -0.490 e. The van der Waals surface area contributed by atoms with Gasteiger partial charge in [-0.25, -0.2) is 14.4 Å². The summed E-state index contributed by atoms with van der Waals surface area (Å²) in [5, 5.41) is 30.5. The van der Waals surface area contributed by atoms with E-state index in [4.69, 9.17) is 15.2 Å². The smallest absolute Gasteiger partial charge is 0.294 e. The molecule has 0 aliphatic carbocycles. The fourth-order valence-electron chi connectivity index (χ4n) is 3.97. The Morgan fingerprint density at radius 2 is 2.00 bits per heavy atom. The van der Waals surface area contributed by atoms with E-state index in [0.717, 1.165) is 10.2 Å². The van der Waals surface area contributed by atoms with E-state index in [-0.39, 0.29) is 46.7 Å². The van der Waals surface area contributed by atoms with E-state index in [1.807, 2.05) is 6.92 Å². The maximum atomic E-state index is 13.2. The molecule has 0 unspecified atom stereocenters. The molecular weight excluding hydrogens is 645 g/mol. The van der Waals surface area contributed by atoms with Crippen LogP contribution in [0.25, 0.3) is 17.1 Å². The molecule has 2 aromatic heterocycles. The van der Waals surface area contributed by atoms with Gasteiger partial charge in [0.2, 0.25) is 11.6 Å². The maximum Gasteiger partial charge on any atom is 0.294 e. The van der Waals surface area contributed by atoms with Crippen LogP contribution in [0.2, 0.25) is 0 Å². The third-order valence-corrected chi connectivity index (χ3v) is 6.51. The van der Waals surface area contributed by atoms with Gasteiger partial charge in [0, 0.05) is 17.7 Å². The predicted molar refractivity (Wildman–Crippen MR) is 157 cm³/mol. The van der Waals surface area contributed by atoms with Crippen LogP contribution in [0.5, 0.6) is 11.5 Å². The monoisotopic (exact) mass is 665 g/mol. The van der Waals surface area contributed by atoms with Gasteiger partial charge in [0.05, 0.1) is 22.2 Å². The van der Waals surface area contributed by atoms with E-state index >= 15 is 0 Å². The van der Waals surface area contributed by atoms with Crippen LogP contribution in [0.4, 0.5) is 15.9 Å². The van der Waals surface area contributed by atoms with Gasteiger partial charge in [-0.3, -0.25) is 14.9 Å². The van der Waals surface area contributed by atoms with Crippen LogP contribution in [0.3, 0.4) is 0 Å². The van der Waals surface area contributed by atoms with Gasteiger partial charge in [-0.05, 0) is 68.6 Å². The number of nitro benzene ring substituents is 1. The number of benzene rings is 3. The van der Waals surface area contributed by atoms with Gasteiger partial charge in [0.15, 0.2) is 17.2 Å². The lowest BCUT2D eigenvalue weighted by atomic mass is 10.1. The van der Waals surface area contributed by atoms with Crippen molar-refractivity contribution in [2.75, 3.05) is 12.3 Å². The molecule has 2 heterocycles. The number of anilines is 1. The zero-order chi connectivity index (χ0) is 31.2. The van der Waals surface area contributed by atoms with Crippen molar-refractivity contribution in [2.24, 2.45) is 5.10 Å². The number of nitro groups is 1. The molecule has 5 aromatic rings. The first-order valence-electron chi connectivity index (χ1n) is 12.7. The van der Waals surface area contributed by atoms with Crippen LogP contribution in [-0.2, 0) is 6.61 Å². The summed E-state index contributed by atoms with van der Waals surface area (Å²) in [6.07, 6.45) is 1.37. The Morgan fingerprint density at radius 1 is 1.20 bits per heavy atom. The minimum atomic E-state index is -0.785. The number of nitrogens with zero attached hydrogens (tertiary/aromatic N) is 7. The topological polar surface area (TPSA) is 199 Å². The molecule has 0 fully saturated rings. The number of nitrogen functional groups attached to an aromatic ring is 1. The quantitative estimate of drug-likeness (QED) is 0.115. The first kappa shape index (κ1) is 29.8. The molecular formula is C27H21BrFN9O6. The van der Waals surface area contributed by atoms with Gasteiger partial charge in [-0.15, -0.1) is 5.10 Å². The predicted octanol–water partition coefficient (Wildman–Crippen LogP) is 4.45. The van der Waals surface area contributed by atoms with Crippen LogP contribution in [0.1, 0.15) is 28.5 Å². The third kappa shape index (κ3) is 6.51. The number of nitrogens with one attached hydrogen (secondary N) is 1. The van der Waals surface area contributed by atoms with Gasteiger partial charge in [-0.2, -0.15) is 9.78 Å². The number of hydrogen-bond acceptors (Lipinski definition) is 12. The van der Waals surface area contributed by atoms with Gasteiger partial charge < -0.3 is 15.2 Å². The van der Waals surface area contributed by atoms with Crippen LogP contribution < -0.4 is 20.6 Å². The Bertz CT molecular complexity index is 1860. The highest BCUT2D eigenvalue weighted by atomic mass is 79.9. The zero-order valence-electron chi connectivity index (χ0n) is 22.7. The summed E-state index contributed by atoms with van der Waals surface area (Å²) in [5.74, 6) is -0.512. The van der Waals surface area contributed by atoms with Crippen molar-refractivity contribution < 1.29 is 28.2 Å². The van der Waals surface area contributed by atoms with E-state index in [1.54, 1.807) is 24.3 Å². The van der Waals surface area contributed by atoms with E-state index in [2.05, 4.69) is 51.7 Å². The van der Waals surface area contributed by atoms with E-state index in [1.165, 1.54) is 42.6 Å². The summed E-state index contributed by atoms with van der Waals surface area (Å²) in [6.45, 7) is 2.33. The van der Waals surface area contributed by atoms with Crippen molar-refractivity contribution in [1.29, 1.82) is 0 Å². The van der Waals surface area contributed by atoms with Crippen molar-refractivity contribution in [1.82, 2.24) is 30.7 Å². The Morgan fingerprint density at radius 3 is 2.70 bits per heavy atom. The number of nitrogens with two attached hydrogens (primary N) is 1. The molecule has 3 N–H and O–H groups in total. The molecule has 44 heavy (non-hydrogen) atoms. The van der Waals surface area contributed by atoms with Crippen LogP contribution in [0.15, 0.2) is 74.9 Å². The standard InChI is InChI=1S/C27H21BrFN9O6/c1-2-42-21-11-16(10-20(28)24(21)43-14-15-6-8-18(29)9-7-15)13-31-33-27(39)22-23(17-4-3-5-19(12-17)38(40)41)37(36-32-22)26-25(30)34-44-35-26/h3-13H,2,14H2,1H3,(H2,30,34)(H,33,39). The molecule has 0 spiro atoms. The molecule has 0 aliphatic rings. The number of hydrogen-bond donors (Lipinski definition) is 2. The molecule has 17 heteroatoms. The normalized spacial score (nSPS) is 11.1.